The number of phosphoric acid groups is 1. The molecule has 2 aromatic rings. The Balaban J connectivity index is 2.08. The zero-order valence-corrected chi connectivity index (χ0v) is 18.6. The Morgan fingerprint density at radius 1 is 0.900 bits per heavy atom. The zero-order chi connectivity index (χ0) is 21.8. The number of phosphoric ester groups is 1. The monoisotopic (exact) mass is 456 g/mol. The van der Waals surface area contributed by atoms with Crippen LogP contribution in [-0.2, 0) is 40.8 Å². The summed E-state index contributed by atoms with van der Waals surface area (Å²) in [6.45, 7) is 3.54. The van der Waals surface area contributed by atoms with Gasteiger partial charge in [-0.3, -0.25) is 13.6 Å². The molecule has 1 atom stereocenters. The van der Waals surface area contributed by atoms with Gasteiger partial charge in [-0.05, 0) is 17.0 Å². The van der Waals surface area contributed by atoms with Gasteiger partial charge in [0.1, 0.15) is 12.7 Å². The Morgan fingerprint density at radius 3 is 1.83 bits per heavy atom. The number of ether oxygens (including phenoxy) is 2. The minimum Gasteiger partial charge on any atom is -0.431 e. The quantitative estimate of drug-likeness (QED) is 0.223. The summed E-state index contributed by atoms with van der Waals surface area (Å²) in [6, 6.07) is 18.2. The van der Waals surface area contributed by atoms with Crippen LogP contribution >= 0.6 is 19.4 Å². The number of hydrogen-bond donors (Lipinski definition) is 0. The first-order valence-corrected chi connectivity index (χ1v) is 11.4. The van der Waals surface area contributed by atoms with Crippen molar-refractivity contribution in [2.45, 2.75) is 33.2 Å². The van der Waals surface area contributed by atoms with Crippen molar-refractivity contribution in [2.24, 2.45) is 5.92 Å². The highest BCUT2D eigenvalue weighted by molar-refractivity contribution is 7.48. The van der Waals surface area contributed by atoms with Crippen LogP contribution in [0.2, 0.25) is 0 Å². The third-order valence-corrected chi connectivity index (χ3v) is 5.54. The van der Waals surface area contributed by atoms with Crippen LogP contribution in [0.15, 0.2) is 60.7 Å². The maximum Gasteiger partial charge on any atom is 0.509 e. The van der Waals surface area contributed by atoms with Crippen LogP contribution in [0.4, 0.5) is 4.79 Å². The van der Waals surface area contributed by atoms with Crippen molar-refractivity contribution in [3.8, 4) is 0 Å². The van der Waals surface area contributed by atoms with E-state index in [1.807, 2.05) is 74.5 Å². The predicted octanol–water partition coefficient (Wildman–Crippen LogP) is 5.92. The molecule has 0 aliphatic rings. The molecule has 2 rings (SSSR count). The van der Waals surface area contributed by atoms with E-state index in [4.69, 9.17) is 29.9 Å². The molecule has 0 aliphatic carbocycles. The van der Waals surface area contributed by atoms with E-state index < -0.39 is 20.1 Å². The summed E-state index contributed by atoms with van der Waals surface area (Å²) in [5.41, 5.74) is 1.63. The first-order chi connectivity index (χ1) is 14.4. The van der Waals surface area contributed by atoms with Crippen molar-refractivity contribution in [3.05, 3.63) is 71.8 Å². The molecule has 0 radical (unpaired) electrons. The van der Waals surface area contributed by atoms with Crippen LogP contribution in [-0.4, -0.2) is 24.9 Å². The molecule has 0 aromatic heterocycles. The number of halogens is 1. The maximum absolute atomic E-state index is 13.4. The van der Waals surface area contributed by atoms with Gasteiger partial charge in [-0.1, -0.05) is 86.1 Å². The van der Waals surface area contributed by atoms with E-state index in [9.17, 15) is 9.36 Å². The predicted molar refractivity (Wildman–Crippen MR) is 113 cm³/mol. The molecule has 0 saturated heterocycles. The summed E-state index contributed by atoms with van der Waals surface area (Å²) in [6.07, 6.45) is -1.69. The molecule has 0 heterocycles. The van der Waals surface area contributed by atoms with E-state index in [1.165, 1.54) is 0 Å². The Bertz CT molecular complexity index is 754. The zero-order valence-electron chi connectivity index (χ0n) is 16.9. The van der Waals surface area contributed by atoms with Crippen LogP contribution in [0.25, 0.3) is 0 Å². The van der Waals surface area contributed by atoms with Crippen LogP contribution < -0.4 is 0 Å². The number of benzene rings is 2. The molecule has 9 heteroatoms. The summed E-state index contributed by atoms with van der Waals surface area (Å²) in [4.78, 5) is 11.4. The fourth-order valence-corrected chi connectivity index (χ4v) is 3.84. The fourth-order valence-electron chi connectivity index (χ4n) is 2.30. The molecule has 0 fully saturated rings. The van der Waals surface area contributed by atoms with Crippen molar-refractivity contribution in [1.82, 2.24) is 0 Å². The van der Waals surface area contributed by atoms with Crippen LogP contribution in [0.5, 0.6) is 0 Å². The molecule has 0 N–H and O–H groups in total. The average Bonchev–Trinajstić information content (AvgIpc) is 2.75. The second kappa shape index (κ2) is 12.7. The summed E-state index contributed by atoms with van der Waals surface area (Å²) in [5, 5.41) is 0. The molecule has 1 unspecified atom stereocenters. The third-order valence-electron chi connectivity index (χ3n) is 4.01. The third kappa shape index (κ3) is 8.86. The van der Waals surface area contributed by atoms with Crippen molar-refractivity contribution in [1.29, 1.82) is 0 Å². The van der Waals surface area contributed by atoms with Crippen LogP contribution in [0, 0.1) is 5.92 Å². The molecule has 0 spiro atoms. The highest BCUT2D eigenvalue weighted by Crippen LogP contribution is 2.52. The number of alkyl halides is 1. The minimum atomic E-state index is -3.99. The maximum atomic E-state index is 13.4. The lowest BCUT2D eigenvalue weighted by Gasteiger charge is -2.26. The van der Waals surface area contributed by atoms with E-state index in [2.05, 4.69) is 4.74 Å². The number of carbonyl (C=O) groups is 1. The molecule has 0 saturated carbocycles. The lowest BCUT2D eigenvalue weighted by Crippen LogP contribution is -2.27. The van der Waals surface area contributed by atoms with Gasteiger partial charge in [-0.15, -0.1) is 0 Å². The standard InChI is InChI=1S/C21H26ClO7P/c1-17(2)20(15-25-21(23)26-16-22)29-30(24,27-13-18-9-5-3-6-10-18)28-14-19-11-7-4-8-12-19/h3-12,17,20H,13-16H2,1-2H3. The van der Waals surface area contributed by atoms with Gasteiger partial charge in [0.2, 0.25) is 0 Å². The smallest absolute Gasteiger partial charge is 0.431 e. The van der Waals surface area contributed by atoms with Gasteiger partial charge in [-0.25, -0.2) is 9.36 Å². The Labute approximate surface area is 181 Å². The first kappa shape index (κ1) is 24.4. The minimum absolute atomic E-state index is 0.0346. The average molecular weight is 457 g/mol. The highest BCUT2D eigenvalue weighted by Gasteiger charge is 2.33. The molecule has 2 aromatic carbocycles. The Kier molecular flexibility index (Phi) is 10.3. The van der Waals surface area contributed by atoms with Crippen molar-refractivity contribution in [2.75, 3.05) is 12.7 Å². The van der Waals surface area contributed by atoms with E-state index in [-0.39, 0.29) is 31.8 Å². The Morgan fingerprint density at radius 2 is 1.40 bits per heavy atom. The van der Waals surface area contributed by atoms with E-state index in [1.54, 1.807) is 0 Å². The summed E-state index contributed by atoms with van der Waals surface area (Å²) in [7, 11) is -3.99. The number of hydrogen-bond acceptors (Lipinski definition) is 7. The lowest BCUT2D eigenvalue weighted by atomic mass is 10.1. The Hall–Kier alpha value is -1.89. The van der Waals surface area contributed by atoms with Gasteiger partial charge in [0.25, 0.3) is 0 Å². The van der Waals surface area contributed by atoms with Gasteiger partial charge >= 0.3 is 14.0 Å². The second-order valence-electron chi connectivity index (χ2n) is 6.67. The van der Waals surface area contributed by atoms with Crippen LogP contribution in [0.3, 0.4) is 0 Å². The van der Waals surface area contributed by atoms with Gasteiger partial charge in [0, 0.05) is 0 Å². The molecule has 0 bridgehead atoms. The largest absolute Gasteiger partial charge is 0.509 e. The topological polar surface area (TPSA) is 80.3 Å². The molecule has 0 amide bonds. The van der Waals surface area contributed by atoms with Gasteiger partial charge in [0.05, 0.1) is 13.2 Å². The van der Waals surface area contributed by atoms with Gasteiger partial charge < -0.3 is 9.47 Å². The molecule has 30 heavy (non-hydrogen) atoms. The first-order valence-electron chi connectivity index (χ1n) is 9.43. The van der Waals surface area contributed by atoms with Crippen molar-refractivity contribution in [3.63, 3.8) is 0 Å². The molecule has 0 aliphatic heterocycles. The van der Waals surface area contributed by atoms with Crippen molar-refractivity contribution >= 4 is 25.6 Å². The normalized spacial score (nSPS) is 12.5. The van der Waals surface area contributed by atoms with Gasteiger partial charge in [0.15, 0.2) is 6.07 Å². The molecule has 164 valence electrons. The van der Waals surface area contributed by atoms with Gasteiger partial charge in [-0.2, -0.15) is 0 Å². The van der Waals surface area contributed by atoms with Crippen LogP contribution in [0.1, 0.15) is 25.0 Å². The molecule has 7 nitrogen and oxygen atoms in total. The molecular formula is C21H26ClO7P. The second-order valence-corrected chi connectivity index (χ2v) is 8.51. The molecular weight excluding hydrogens is 431 g/mol. The fraction of sp³-hybridized carbons (Fsp3) is 0.381. The summed E-state index contributed by atoms with van der Waals surface area (Å²) in [5.74, 6) is -0.150. The SMILES string of the molecule is CC(C)C(COC(=O)OCCl)OP(=O)(OCc1ccccc1)OCc1ccccc1. The highest BCUT2D eigenvalue weighted by atomic mass is 35.5. The van der Waals surface area contributed by atoms with E-state index in [0.29, 0.717) is 0 Å². The number of rotatable bonds is 12. The number of carbonyl (C=O) groups excluding carboxylic acids is 1. The summed E-state index contributed by atoms with van der Waals surface area (Å²) >= 11 is 5.34. The summed E-state index contributed by atoms with van der Waals surface area (Å²) < 4.78 is 39.8. The lowest BCUT2D eigenvalue weighted by molar-refractivity contribution is -0.00386. The van der Waals surface area contributed by atoms with E-state index in [0.717, 1.165) is 11.1 Å². The van der Waals surface area contributed by atoms with E-state index >= 15 is 0 Å². The van der Waals surface area contributed by atoms with Crippen molar-refractivity contribution < 1.29 is 32.4 Å².